The molecule has 3 rings (SSSR count). The predicted octanol–water partition coefficient (Wildman–Crippen LogP) is 3.76. The third kappa shape index (κ3) is 3.14. The Morgan fingerprint density at radius 3 is 2.32 bits per heavy atom. The summed E-state index contributed by atoms with van der Waals surface area (Å²) in [5.41, 5.74) is 2.82. The lowest BCUT2D eigenvalue weighted by atomic mass is 10.1. The van der Waals surface area contributed by atoms with Crippen LogP contribution in [0.2, 0.25) is 0 Å². The minimum absolute atomic E-state index is 0.0551. The maximum Gasteiger partial charge on any atom is 0.258 e. The maximum atomic E-state index is 12.7. The molecule has 1 amide bonds. The maximum absolute atomic E-state index is 12.7. The van der Waals surface area contributed by atoms with E-state index in [1.165, 1.54) is 5.56 Å². The van der Waals surface area contributed by atoms with E-state index in [-0.39, 0.29) is 11.7 Å². The van der Waals surface area contributed by atoms with Crippen molar-refractivity contribution in [1.82, 2.24) is 4.90 Å². The van der Waals surface area contributed by atoms with Gasteiger partial charge in [-0.15, -0.1) is 0 Å². The highest BCUT2D eigenvalue weighted by Gasteiger charge is 2.33. The Labute approximate surface area is 131 Å². The van der Waals surface area contributed by atoms with Gasteiger partial charge in [-0.2, -0.15) is 0 Å². The summed E-state index contributed by atoms with van der Waals surface area (Å²) >= 11 is 0. The molecule has 114 valence electrons. The van der Waals surface area contributed by atoms with Crippen LogP contribution < -0.4 is 0 Å². The van der Waals surface area contributed by atoms with Gasteiger partial charge in [0.05, 0.1) is 5.56 Å². The van der Waals surface area contributed by atoms with Crippen molar-refractivity contribution >= 4 is 5.91 Å². The average Bonchev–Trinajstić information content (AvgIpc) is 3.38. The van der Waals surface area contributed by atoms with Crippen molar-refractivity contribution in [1.29, 1.82) is 0 Å². The number of benzene rings is 2. The second kappa shape index (κ2) is 6.22. The topological polar surface area (TPSA) is 40.5 Å². The number of nitrogens with zero attached hydrogens (tertiary/aromatic N) is 1. The molecule has 2 aromatic carbocycles. The van der Waals surface area contributed by atoms with Crippen molar-refractivity contribution in [3.05, 3.63) is 65.2 Å². The minimum Gasteiger partial charge on any atom is -0.507 e. The van der Waals surface area contributed by atoms with E-state index in [9.17, 15) is 9.90 Å². The zero-order valence-corrected chi connectivity index (χ0v) is 12.8. The molecule has 1 saturated carbocycles. The summed E-state index contributed by atoms with van der Waals surface area (Å²) < 4.78 is 0. The molecule has 2 aromatic rings. The van der Waals surface area contributed by atoms with Crippen LogP contribution in [-0.2, 0) is 13.0 Å². The minimum atomic E-state index is -0.0832. The number of rotatable bonds is 5. The summed E-state index contributed by atoms with van der Waals surface area (Å²) in [6.07, 6.45) is 3.11. The number of aryl methyl sites for hydroxylation is 1. The molecule has 0 bridgehead atoms. The van der Waals surface area contributed by atoms with E-state index in [1.54, 1.807) is 24.3 Å². The first-order valence-corrected chi connectivity index (χ1v) is 7.86. The van der Waals surface area contributed by atoms with Gasteiger partial charge in [0.15, 0.2) is 0 Å². The molecule has 0 aliphatic heterocycles. The first-order chi connectivity index (χ1) is 10.7. The molecular weight excluding hydrogens is 274 g/mol. The monoisotopic (exact) mass is 295 g/mol. The van der Waals surface area contributed by atoms with Crippen molar-refractivity contribution in [2.45, 2.75) is 38.8 Å². The molecular formula is C19H21NO2. The Bertz CT molecular complexity index is 659. The smallest absolute Gasteiger partial charge is 0.258 e. The van der Waals surface area contributed by atoms with Crippen molar-refractivity contribution in [3.63, 3.8) is 0 Å². The Morgan fingerprint density at radius 1 is 1.09 bits per heavy atom. The number of carbonyl (C=O) groups excluding carboxylic acids is 1. The number of phenolic OH excluding ortho intramolecular Hbond substituents is 1. The Balaban J connectivity index is 1.80. The van der Waals surface area contributed by atoms with Crippen LogP contribution >= 0.6 is 0 Å². The summed E-state index contributed by atoms with van der Waals surface area (Å²) in [5.74, 6) is -0.0281. The highest BCUT2D eigenvalue weighted by Crippen LogP contribution is 2.31. The fraction of sp³-hybridized carbons (Fsp3) is 0.316. The molecule has 1 aliphatic carbocycles. The molecule has 0 spiro atoms. The predicted molar refractivity (Wildman–Crippen MR) is 86.8 cm³/mol. The number of para-hydroxylation sites is 1. The number of aromatic hydroxyl groups is 1. The molecule has 3 heteroatoms. The molecule has 0 radical (unpaired) electrons. The van der Waals surface area contributed by atoms with Crippen LogP contribution in [0.3, 0.4) is 0 Å². The van der Waals surface area contributed by atoms with E-state index in [0.29, 0.717) is 18.2 Å². The van der Waals surface area contributed by atoms with Gasteiger partial charge in [-0.25, -0.2) is 0 Å². The van der Waals surface area contributed by atoms with Crippen LogP contribution in [0.5, 0.6) is 5.75 Å². The van der Waals surface area contributed by atoms with Crippen LogP contribution in [0.25, 0.3) is 0 Å². The number of hydrogen-bond donors (Lipinski definition) is 1. The summed E-state index contributed by atoms with van der Waals surface area (Å²) in [6, 6.07) is 15.5. The number of amides is 1. The molecule has 0 saturated heterocycles. The second-order valence-electron chi connectivity index (χ2n) is 5.85. The Hall–Kier alpha value is -2.29. The molecule has 0 aromatic heterocycles. The van der Waals surface area contributed by atoms with Crippen molar-refractivity contribution in [2.24, 2.45) is 0 Å². The Morgan fingerprint density at radius 2 is 1.73 bits per heavy atom. The number of phenols is 1. The molecule has 22 heavy (non-hydrogen) atoms. The summed E-state index contributed by atoms with van der Waals surface area (Å²) in [7, 11) is 0. The SMILES string of the molecule is CCc1ccc(CN(C(=O)c2ccccc2O)C2CC2)cc1. The average molecular weight is 295 g/mol. The van der Waals surface area contributed by atoms with Gasteiger partial charge in [0.1, 0.15) is 5.75 Å². The molecule has 0 atom stereocenters. The van der Waals surface area contributed by atoms with E-state index in [4.69, 9.17) is 0 Å². The molecule has 1 aliphatic rings. The number of carbonyl (C=O) groups is 1. The molecule has 0 unspecified atom stereocenters. The normalized spacial score (nSPS) is 13.9. The van der Waals surface area contributed by atoms with E-state index in [2.05, 4.69) is 31.2 Å². The van der Waals surface area contributed by atoms with Gasteiger partial charge in [0.2, 0.25) is 0 Å². The van der Waals surface area contributed by atoms with E-state index >= 15 is 0 Å². The first kappa shape index (κ1) is 14.6. The van der Waals surface area contributed by atoms with Crippen molar-refractivity contribution in [3.8, 4) is 5.75 Å². The first-order valence-electron chi connectivity index (χ1n) is 7.86. The fourth-order valence-electron chi connectivity index (χ4n) is 2.64. The van der Waals surface area contributed by atoms with Crippen LogP contribution in [0.15, 0.2) is 48.5 Å². The number of hydrogen-bond acceptors (Lipinski definition) is 2. The van der Waals surface area contributed by atoms with Crippen LogP contribution in [0.1, 0.15) is 41.3 Å². The van der Waals surface area contributed by atoms with E-state index < -0.39 is 0 Å². The zero-order chi connectivity index (χ0) is 15.5. The van der Waals surface area contributed by atoms with Gasteiger partial charge < -0.3 is 10.0 Å². The molecule has 0 heterocycles. The molecule has 1 N–H and O–H groups in total. The summed E-state index contributed by atoms with van der Waals surface area (Å²) in [6.45, 7) is 2.73. The lowest BCUT2D eigenvalue weighted by molar-refractivity contribution is 0.0727. The summed E-state index contributed by atoms with van der Waals surface area (Å²) in [5, 5.41) is 9.92. The molecule has 3 nitrogen and oxygen atoms in total. The lowest BCUT2D eigenvalue weighted by Crippen LogP contribution is -2.32. The highest BCUT2D eigenvalue weighted by molar-refractivity contribution is 5.97. The summed E-state index contributed by atoms with van der Waals surface area (Å²) in [4.78, 5) is 14.6. The van der Waals surface area contributed by atoms with Gasteiger partial charge in [0.25, 0.3) is 5.91 Å². The molecule has 1 fully saturated rings. The van der Waals surface area contributed by atoms with Crippen LogP contribution in [-0.4, -0.2) is 22.0 Å². The van der Waals surface area contributed by atoms with Gasteiger partial charge in [-0.1, -0.05) is 43.3 Å². The third-order valence-electron chi connectivity index (χ3n) is 4.17. The van der Waals surface area contributed by atoms with Crippen molar-refractivity contribution in [2.75, 3.05) is 0 Å². The standard InChI is InChI=1S/C19H21NO2/c1-2-14-7-9-15(10-8-14)13-20(16-11-12-16)19(22)17-5-3-4-6-18(17)21/h3-10,16,21H,2,11-13H2,1H3. The van der Waals surface area contributed by atoms with Gasteiger partial charge >= 0.3 is 0 Å². The van der Waals surface area contributed by atoms with E-state index in [1.807, 2.05) is 4.90 Å². The third-order valence-corrected chi connectivity index (χ3v) is 4.17. The Kier molecular flexibility index (Phi) is 4.14. The lowest BCUT2D eigenvalue weighted by Gasteiger charge is -2.23. The second-order valence-corrected chi connectivity index (χ2v) is 5.85. The van der Waals surface area contributed by atoms with Gasteiger partial charge in [-0.05, 0) is 42.5 Å². The quantitative estimate of drug-likeness (QED) is 0.912. The van der Waals surface area contributed by atoms with Crippen LogP contribution in [0.4, 0.5) is 0 Å². The van der Waals surface area contributed by atoms with Gasteiger partial charge in [-0.3, -0.25) is 4.79 Å². The zero-order valence-electron chi connectivity index (χ0n) is 12.8. The van der Waals surface area contributed by atoms with E-state index in [0.717, 1.165) is 24.8 Å². The highest BCUT2D eigenvalue weighted by atomic mass is 16.3. The van der Waals surface area contributed by atoms with Crippen LogP contribution in [0, 0.1) is 0 Å². The largest absolute Gasteiger partial charge is 0.507 e. The fourth-order valence-corrected chi connectivity index (χ4v) is 2.64. The van der Waals surface area contributed by atoms with Gasteiger partial charge in [0, 0.05) is 12.6 Å². The van der Waals surface area contributed by atoms with Crippen molar-refractivity contribution < 1.29 is 9.90 Å².